The first-order chi connectivity index (χ1) is 15.0. The van der Waals surface area contributed by atoms with E-state index in [9.17, 15) is 18.0 Å². The number of nitrogens with one attached hydrogen (secondary N) is 2. The van der Waals surface area contributed by atoms with E-state index < -0.39 is 15.7 Å². The monoisotopic (exact) mass is 430 g/mol. The number of rotatable bonds is 3. The van der Waals surface area contributed by atoms with Crippen LogP contribution in [0.4, 0.5) is 5.69 Å². The van der Waals surface area contributed by atoms with E-state index in [0.717, 1.165) is 5.39 Å². The number of hydrogen-bond acceptors (Lipinski definition) is 7. The van der Waals surface area contributed by atoms with Gasteiger partial charge in [-0.15, -0.1) is 0 Å². The molecule has 1 aromatic heterocycles. The van der Waals surface area contributed by atoms with Crippen LogP contribution in [0.15, 0.2) is 82.7 Å². The van der Waals surface area contributed by atoms with Gasteiger partial charge in [-0.25, -0.2) is 8.42 Å². The molecule has 8 nitrogen and oxygen atoms in total. The molecule has 0 fully saturated rings. The molecule has 3 aromatic carbocycles. The Balaban J connectivity index is 1.46. The molecule has 1 amide bonds. The largest absolute Gasteiger partial charge is 0.296 e. The van der Waals surface area contributed by atoms with Crippen LogP contribution in [0, 0.1) is 0 Å². The Kier molecular flexibility index (Phi) is 4.26. The first-order valence-corrected chi connectivity index (χ1v) is 10.7. The number of amides is 1. The van der Waals surface area contributed by atoms with E-state index in [1.165, 1.54) is 36.5 Å². The van der Waals surface area contributed by atoms with Crippen molar-refractivity contribution in [3.8, 4) is 0 Å². The molecule has 0 saturated heterocycles. The Labute approximate surface area is 176 Å². The van der Waals surface area contributed by atoms with Crippen LogP contribution in [0.2, 0.25) is 0 Å². The number of hydrazine groups is 1. The van der Waals surface area contributed by atoms with Gasteiger partial charge in [0.15, 0.2) is 5.78 Å². The Morgan fingerprint density at radius 3 is 2.48 bits per heavy atom. The summed E-state index contributed by atoms with van der Waals surface area (Å²) in [4.78, 5) is 25.2. The minimum absolute atomic E-state index is 0.0486. The van der Waals surface area contributed by atoms with Crippen molar-refractivity contribution in [2.45, 2.75) is 9.79 Å². The molecule has 0 bridgehead atoms. The van der Waals surface area contributed by atoms with Crippen LogP contribution in [0.3, 0.4) is 0 Å². The molecule has 1 aliphatic heterocycles. The van der Waals surface area contributed by atoms with E-state index in [2.05, 4.69) is 21.0 Å². The van der Waals surface area contributed by atoms with E-state index in [0.29, 0.717) is 11.2 Å². The third kappa shape index (κ3) is 3.03. The molecule has 9 heteroatoms. The lowest BCUT2D eigenvalue weighted by atomic mass is 10.0. The number of ketones is 1. The fourth-order valence-corrected chi connectivity index (χ4v) is 5.21. The van der Waals surface area contributed by atoms with E-state index in [1.54, 1.807) is 18.2 Å². The third-order valence-corrected chi connectivity index (χ3v) is 6.91. The Morgan fingerprint density at radius 2 is 1.61 bits per heavy atom. The van der Waals surface area contributed by atoms with E-state index in [-0.39, 0.29) is 32.3 Å². The topological polar surface area (TPSA) is 118 Å². The first kappa shape index (κ1) is 18.9. The average molecular weight is 430 g/mol. The number of fused-ring (bicyclic) bond motifs is 3. The highest BCUT2D eigenvalue weighted by Crippen LogP contribution is 2.34. The van der Waals surface area contributed by atoms with Crippen LogP contribution < -0.4 is 10.9 Å². The molecule has 2 N–H and O–H groups in total. The molecule has 152 valence electrons. The van der Waals surface area contributed by atoms with Crippen LogP contribution in [0.25, 0.3) is 10.9 Å². The van der Waals surface area contributed by atoms with Crippen molar-refractivity contribution >= 4 is 38.1 Å². The summed E-state index contributed by atoms with van der Waals surface area (Å²) in [7, 11) is -3.93. The van der Waals surface area contributed by atoms with E-state index in [1.807, 2.05) is 18.2 Å². The van der Waals surface area contributed by atoms with Gasteiger partial charge in [-0.3, -0.25) is 20.4 Å². The molecule has 0 saturated carbocycles. The van der Waals surface area contributed by atoms with E-state index in [4.69, 9.17) is 0 Å². The summed E-state index contributed by atoms with van der Waals surface area (Å²) in [5, 5.41) is 8.66. The fourth-order valence-electron chi connectivity index (χ4n) is 3.53. The highest BCUT2D eigenvalue weighted by molar-refractivity contribution is 7.91. The number of carbonyl (C=O) groups excluding carboxylic acids is 2. The number of aromatic nitrogens is 2. The third-order valence-electron chi connectivity index (χ3n) is 5.06. The van der Waals surface area contributed by atoms with Crippen molar-refractivity contribution in [2.75, 3.05) is 5.43 Å². The number of nitrogens with zero attached hydrogens (tertiary/aromatic N) is 2. The summed E-state index contributed by atoms with van der Waals surface area (Å²) in [5.74, 6) is -0.954. The van der Waals surface area contributed by atoms with Gasteiger partial charge in [0.2, 0.25) is 9.84 Å². The van der Waals surface area contributed by atoms with Crippen molar-refractivity contribution in [3.05, 3.63) is 89.6 Å². The predicted molar refractivity (Wildman–Crippen MR) is 112 cm³/mol. The Morgan fingerprint density at radius 1 is 0.871 bits per heavy atom. The van der Waals surface area contributed by atoms with Crippen LogP contribution in [-0.4, -0.2) is 30.3 Å². The summed E-state index contributed by atoms with van der Waals surface area (Å²) in [6, 6.07) is 17.3. The van der Waals surface area contributed by atoms with Crippen LogP contribution >= 0.6 is 0 Å². The maximum absolute atomic E-state index is 13.0. The second-order valence-corrected chi connectivity index (χ2v) is 8.78. The van der Waals surface area contributed by atoms with Gasteiger partial charge in [-0.1, -0.05) is 30.3 Å². The van der Waals surface area contributed by atoms with E-state index >= 15 is 0 Å². The number of carbonyl (C=O) groups is 2. The number of sulfone groups is 1. The molecule has 2 heterocycles. The minimum atomic E-state index is -3.93. The normalized spacial score (nSPS) is 13.9. The van der Waals surface area contributed by atoms with Crippen molar-refractivity contribution < 1.29 is 18.0 Å². The number of anilines is 1. The molecule has 0 unspecified atom stereocenters. The zero-order valence-corrected chi connectivity index (χ0v) is 16.7. The van der Waals surface area contributed by atoms with Crippen LogP contribution in [0.1, 0.15) is 26.3 Å². The van der Waals surface area contributed by atoms with Gasteiger partial charge in [-0.05, 0) is 36.4 Å². The molecular formula is C22H14N4O4S. The van der Waals surface area contributed by atoms with Gasteiger partial charge in [0.25, 0.3) is 5.91 Å². The average Bonchev–Trinajstić information content (AvgIpc) is 2.81. The van der Waals surface area contributed by atoms with Crippen molar-refractivity contribution in [2.24, 2.45) is 0 Å². The summed E-state index contributed by atoms with van der Waals surface area (Å²) in [5.41, 5.74) is 6.79. The zero-order chi connectivity index (χ0) is 21.6. The molecule has 0 aliphatic carbocycles. The maximum Gasteiger partial charge on any atom is 0.269 e. The summed E-state index contributed by atoms with van der Waals surface area (Å²) in [6.07, 6.45) is 1.47. The molecule has 31 heavy (non-hydrogen) atoms. The second-order valence-electron chi connectivity index (χ2n) is 6.89. The maximum atomic E-state index is 13.0. The first-order valence-electron chi connectivity index (χ1n) is 9.26. The minimum Gasteiger partial charge on any atom is -0.296 e. The van der Waals surface area contributed by atoms with Gasteiger partial charge in [-0.2, -0.15) is 10.2 Å². The smallest absolute Gasteiger partial charge is 0.269 e. The van der Waals surface area contributed by atoms with Crippen LogP contribution in [0.5, 0.6) is 0 Å². The van der Waals surface area contributed by atoms with Crippen molar-refractivity contribution in [1.82, 2.24) is 15.6 Å². The molecule has 0 atom stereocenters. The number of hydrogen-bond donors (Lipinski definition) is 2. The van der Waals surface area contributed by atoms with Gasteiger partial charge >= 0.3 is 0 Å². The molecule has 4 aromatic rings. The molecule has 1 aliphatic rings. The zero-order valence-electron chi connectivity index (χ0n) is 15.9. The predicted octanol–water partition coefficient (Wildman–Crippen LogP) is 2.76. The summed E-state index contributed by atoms with van der Waals surface area (Å²) in [6.45, 7) is 0. The van der Waals surface area contributed by atoms with Gasteiger partial charge in [0.1, 0.15) is 0 Å². The molecule has 5 rings (SSSR count). The van der Waals surface area contributed by atoms with Gasteiger partial charge in [0, 0.05) is 22.1 Å². The lowest BCUT2D eigenvalue weighted by Gasteiger charge is -2.19. The summed E-state index contributed by atoms with van der Waals surface area (Å²) >= 11 is 0. The molecular weight excluding hydrogens is 416 g/mol. The van der Waals surface area contributed by atoms with Crippen LogP contribution in [-0.2, 0) is 9.84 Å². The summed E-state index contributed by atoms with van der Waals surface area (Å²) < 4.78 is 26.1. The van der Waals surface area contributed by atoms with Crippen molar-refractivity contribution in [1.29, 1.82) is 0 Å². The van der Waals surface area contributed by atoms with Gasteiger partial charge < -0.3 is 0 Å². The Bertz CT molecular complexity index is 1490. The SMILES string of the molecule is O=C(NNc1cnnc2ccccc12)c1ccc2c(c1)S(=O)(=O)c1ccccc1C2=O. The number of benzene rings is 3. The molecule has 0 spiro atoms. The highest BCUT2D eigenvalue weighted by atomic mass is 32.2. The lowest BCUT2D eigenvalue weighted by molar-refractivity contribution is 0.0960. The Hall–Kier alpha value is -4.11. The lowest BCUT2D eigenvalue weighted by Crippen LogP contribution is -2.30. The molecule has 0 radical (unpaired) electrons. The fraction of sp³-hybridized carbons (Fsp3) is 0. The second kappa shape index (κ2) is 6.99. The highest BCUT2D eigenvalue weighted by Gasteiger charge is 2.35. The quantitative estimate of drug-likeness (QED) is 0.423. The van der Waals surface area contributed by atoms with Gasteiger partial charge in [0.05, 0.1) is 27.2 Å². The van der Waals surface area contributed by atoms with Crippen molar-refractivity contribution in [3.63, 3.8) is 0 Å². The standard InChI is InChI=1S/C22H14N4O4S/c27-21-15-6-2-4-8-19(15)31(29,30)20-11-13(9-10-16(20)21)22(28)26-25-18-12-23-24-17-7-3-1-5-14(17)18/h1-12H,(H,24,25)(H,26,28).